The van der Waals surface area contributed by atoms with E-state index in [-0.39, 0.29) is 5.82 Å². The van der Waals surface area contributed by atoms with E-state index in [9.17, 15) is 4.39 Å². The van der Waals surface area contributed by atoms with Gasteiger partial charge in [-0.3, -0.25) is 0 Å². The molecule has 1 N–H and O–H groups in total. The van der Waals surface area contributed by atoms with Crippen LogP contribution in [0.1, 0.15) is 26.3 Å². The highest BCUT2D eigenvalue weighted by molar-refractivity contribution is 5.34. The normalized spacial score (nSPS) is 10.7. The molecule has 1 aromatic carbocycles. The minimum Gasteiger partial charge on any atom is -0.489 e. The maximum absolute atomic E-state index is 13.2. The molecule has 0 bridgehead atoms. The van der Waals surface area contributed by atoms with Crippen molar-refractivity contribution in [3.63, 3.8) is 0 Å². The average Bonchev–Trinajstić information content (AvgIpc) is 2.27. The van der Waals surface area contributed by atoms with Gasteiger partial charge in [0.2, 0.25) is 0 Å². The van der Waals surface area contributed by atoms with E-state index in [1.165, 1.54) is 12.1 Å². The van der Waals surface area contributed by atoms with Crippen LogP contribution in [0.2, 0.25) is 0 Å². The van der Waals surface area contributed by atoms with Crippen molar-refractivity contribution < 1.29 is 9.13 Å². The Hall–Kier alpha value is -1.35. The number of hydrogen-bond acceptors (Lipinski definition) is 2. The summed E-state index contributed by atoms with van der Waals surface area (Å²) in [5.41, 5.74) is 1.79. The number of ether oxygens (including phenoxy) is 1. The van der Waals surface area contributed by atoms with Gasteiger partial charge in [0.25, 0.3) is 0 Å². The molecule has 0 fully saturated rings. The Morgan fingerprint density at radius 1 is 1.44 bits per heavy atom. The van der Waals surface area contributed by atoms with E-state index in [1.54, 1.807) is 6.07 Å². The van der Waals surface area contributed by atoms with Gasteiger partial charge in [-0.1, -0.05) is 20.4 Å². The summed E-state index contributed by atoms with van der Waals surface area (Å²) in [6, 6.07) is 4.60. The SMILES string of the molecule is C=C(C)COc1ccc(F)cc1CNCC(C)C. The van der Waals surface area contributed by atoms with E-state index in [0.717, 1.165) is 23.4 Å². The maximum Gasteiger partial charge on any atom is 0.124 e. The van der Waals surface area contributed by atoms with Crippen molar-refractivity contribution in [3.05, 3.63) is 41.7 Å². The van der Waals surface area contributed by atoms with Crippen LogP contribution in [-0.4, -0.2) is 13.2 Å². The maximum atomic E-state index is 13.2. The van der Waals surface area contributed by atoms with Crippen molar-refractivity contribution in [2.24, 2.45) is 5.92 Å². The highest BCUT2D eigenvalue weighted by atomic mass is 19.1. The van der Waals surface area contributed by atoms with Gasteiger partial charge in [-0.05, 0) is 43.2 Å². The van der Waals surface area contributed by atoms with Crippen molar-refractivity contribution in [1.29, 1.82) is 0 Å². The molecule has 0 heterocycles. The van der Waals surface area contributed by atoms with Crippen molar-refractivity contribution in [2.45, 2.75) is 27.3 Å². The van der Waals surface area contributed by atoms with Crippen molar-refractivity contribution in [3.8, 4) is 5.75 Å². The molecule has 0 aliphatic heterocycles. The molecule has 100 valence electrons. The van der Waals surface area contributed by atoms with Crippen LogP contribution in [0.5, 0.6) is 5.75 Å². The smallest absolute Gasteiger partial charge is 0.124 e. The van der Waals surface area contributed by atoms with Crippen molar-refractivity contribution in [1.82, 2.24) is 5.32 Å². The van der Waals surface area contributed by atoms with Gasteiger partial charge >= 0.3 is 0 Å². The minimum atomic E-state index is -0.237. The van der Waals surface area contributed by atoms with Crippen LogP contribution in [0.15, 0.2) is 30.4 Å². The average molecular weight is 251 g/mol. The van der Waals surface area contributed by atoms with Gasteiger partial charge in [-0.15, -0.1) is 0 Å². The third-order valence-electron chi connectivity index (χ3n) is 2.36. The highest BCUT2D eigenvalue weighted by Gasteiger charge is 2.06. The number of halogens is 1. The summed E-state index contributed by atoms with van der Waals surface area (Å²) in [4.78, 5) is 0. The summed E-state index contributed by atoms with van der Waals surface area (Å²) in [5.74, 6) is 1.05. The predicted molar refractivity (Wildman–Crippen MR) is 73.3 cm³/mol. The molecule has 18 heavy (non-hydrogen) atoms. The zero-order valence-corrected chi connectivity index (χ0v) is 11.4. The topological polar surface area (TPSA) is 21.3 Å². The van der Waals surface area contributed by atoms with Gasteiger partial charge in [0, 0.05) is 12.1 Å². The van der Waals surface area contributed by atoms with E-state index in [0.29, 0.717) is 19.1 Å². The Labute approximate surface area is 109 Å². The first-order valence-electron chi connectivity index (χ1n) is 6.25. The molecular weight excluding hydrogens is 229 g/mol. The van der Waals surface area contributed by atoms with E-state index < -0.39 is 0 Å². The second-order valence-electron chi connectivity index (χ2n) is 5.02. The van der Waals surface area contributed by atoms with E-state index in [2.05, 4.69) is 25.7 Å². The number of hydrogen-bond donors (Lipinski definition) is 1. The molecule has 0 amide bonds. The molecule has 0 spiro atoms. The molecule has 0 aromatic heterocycles. The van der Waals surface area contributed by atoms with Crippen molar-refractivity contribution in [2.75, 3.05) is 13.2 Å². The van der Waals surface area contributed by atoms with Gasteiger partial charge in [0.15, 0.2) is 0 Å². The zero-order chi connectivity index (χ0) is 13.5. The molecule has 3 heteroatoms. The predicted octanol–water partition coefficient (Wildman–Crippen LogP) is 3.53. The first-order valence-corrected chi connectivity index (χ1v) is 6.25. The first-order chi connectivity index (χ1) is 8.49. The van der Waals surface area contributed by atoms with Gasteiger partial charge < -0.3 is 10.1 Å². The van der Waals surface area contributed by atoms with Crippen LogP contribution in [-0.2, 0) is 6.54 Å². The molecule has 0 unspecified atom stereocenters. The molecule has 0 atom stereocenters. The Bertz CT molecular complexity index is 401. The highest BCUT2D eigenvalue weighted by Crippen LogP contribution is 2.20. The number of nitrogens with one attached hydrogen (secondary N) is 1. The summed E-state index contributed by atoms with van der Waals surface area (Å²) >= 11 is 0. The van der Waals surface area contributed by atoms with E-state index >= 15 is 0 Å². The Kier molecular flexibility index (Phi) is 5.86. The minimum absolute atomic E-state index is 0.237. The quantitative estimate of drug-likeness (QED) is 0.749. The van der Waals surface area contributed by atoms with E-state index in [4.69, 9.17) is 4.74 Å². The molecule has 0 saturated carbocycles. The lowest BCUT2D eigenvalue weighted by molar-refractivity contribution is 0.346. The lowest BCUT2D eigenvalue weighted by Gasteiger charge is -2.13. The zero-order valence-electron chi connectivity index (χ0n) is 11.4. The molecular formula is C15H22FNO. The standard InChI is InChI=1S/C15H22FNO/c1-11(2)8-17-9-13-7-14(16)5-6-15(13)18-10-12(3)4/h5-7,11,17H,3,8-10H2,1-2,4H3. The lowest BCUT2D eigenvalue weighted by atomic mass is 10.1. The Balaban J connectivity index is 2.67. The summed E-state index contributed by atoms with van der Waals surface area (Å²) in [6.07, 6.45) is 0. The van der Waals surface area contributed by atoms with Crippen LogP contribution in [0, 0.1) is 11.7 Å². The van der Waals surface area contributed by atoms with Crippen LogP contribution >= 0.6 is 0 Å². The van der Waals surface area contributed by atoms with Crippen molar-refractivity contribution >= 4 is 0 Å². The van der Waals surface area contributed by atoms with Crippen LogP contribution in [0.4, 0.5) is 4.39 Å². The molecule has 2 nitrogen and oxygen atoms in total. The fourth-order valence-electron chi connectivity index (χ4n) is 1.52. The lowest BCUT2D eigenvalue weighted by Crippen LogP contribution is -2.19. The van der Waals surface area contributed by atoms with Crippen LogP contribution in [0.25, 0.3) is 0 Å². The van der Waals surface area contributed by atoms with Crippen LogP contribution in [0.3, 0.4) is 0 Å². The molecule has 0 aliphatic rings. The summed E-state index contributed by atoms with van der Waals surface area (Å²) in [5, 5.41) is 3.29. The molecule has 0 aliphatic carbocycles. The monoisotopic (exact) mass is 251 g/mol. The van der Waals surface area contributed by atoms with Crippen LogP contribution < -0.4 is 10.1 Å². The first kappa shape index (κ1) is 14.7. The largest absolute Gasteiger partial charge is 0.489 e. The molecule has 1 aromatic rings. The fraction of sp³-hybridized carbons (Fsp3) is 0.467. The Morgan fingerprint density at radius 3 is 2.78 bits per heavy atom. The number of benzene rings is 1. The molecule has 0 radical (unpaired) electrons. The molecule has 1 rings (SSSR count). The summed E-state index contributed by atoms with van der Waals surface area (Å²) in [6.45, 7) is 11.9. The second kappa shape index (κ2) is 7.17. The Morgan fingerprint density at radius 2 is 2.17 bits per heavy atom. The number of rotatable bonds is 7. The van der Waals surface area contributed by atoms with Gasteiger partial charge in [-0.2, -0.15) is 0 Å². The van der Waals surface area contributed by atoms with Gasteiger partial charge in [0.1, 0.15) is 18.2 Å². The summed E-state index contributed by atoms with van der Waals surface area (Å²) in [7, 11) is 0. The molecule has 0 saturated heterocycles. The van der Waals surface area contributed by atoms with Gasteiger partial charge in [-0.25, -0.2) is 4.39 Å². The summed E-state index contributed by atoms with van der Waals surface area (Å²) < 4.78 is 18.8. The second-order valence-corrected chi connectivity index (χ2v) is 5.02. The third kappa shape index (κ3) is 5.32. The van der Waals surface area contributed by atoms with Gasteiger partial charge in [0.05, 0.1) is 0 Å². The van der Waals surface area contributed by atoms with E-state index in [1.807, 2.05) is 6.92 Å². The fourth-order valence-corrected chi connectivity index (χ4v) is 1.52. The third-order valence-corrected chi connectivity index (χ3v) is 2.36.